The quantitative estimate of drug-likeness (QED) is 0.148. The van der Waals surface area contributed by atoms with Gasteiger partial charge >= 0.3 is 308 Å². The Labute approximate surface area is 305 Å². The molecule has 4 heteroatoms. The van der Waals surface area contributed by atoms with E-state index in [1.54, 1.807) is 0 Å². The Morgan fingerprint density at radius 2 is 1.20 bits per heavy atom. The maximum absolute atomic E-state index is 8.75. The summed E-state index contributed by atoms with van der Waals surface area (Å²) in [4.78, 5) is 0. The summed E-state index contributed by atoms with van der Waals surface area (Å²) >= 11 is -4.86. The van der Waals surface area contributed by atoms with E-state index >= 15 is 0 Å². The molecule has 49 heavy (non-hydrogen) atoms. The average molecular weight is 786 g/mol. The van der Waals surface area contributed by atoms with Crippen LogP contribution in [0.1, 0.15) is 115 Å². The molecule has 0 fully saturated rings. The first-order chi connectivity index (χ1) is 23.1. The van der Waals surface area contributed by atoms with Crippen LogP contribution in [0.5, 0.6) is 0 Å². The van der Waals surface area contributed by atoms with Crippen molar-refractivity contribution in [3.05, 3.63) is 129 Å². The van der Waals surface area contributed by atoms with Crippen LogP contribution < -0.4 is 0 Å². The number of hydrogen-bond acceptors (Lipinski definition) is 0. The SMILES string of the molecule is CCC1=Cc2c(-c3ccc(C(C)(C)C)cc3)cccc2[CH]1[Zr]([Cl])([Cl])([CH]1C(C(C)CC)=Cc2c(-c3ccc(C(C)C)cc3)cccc21)[SiH](C)C. The first kappa shape index (κ1) is 36.8. The third-order valence-electron chi connectivity index (χ3n) is 12.0. The second-order valence-electron chi connectivity index (χ2n) is 16.5. The fraction of sp³-hybridized carbons (Fsp3) is 0.378. The summed E-state index contributed by atoms with van der Waals surface area (Å²) in [6.07, 6.45) is 7.03. The van der Waals surface area contributed by atoms with Gasteiger partial charge in [-0.05, 0) is 0 Å². The van der Waals surface area contributed by atoms with Crippen LogP contribution in [0.15, 0.2) is 96.1 Å². The molecule has 0 aliphatic heterocycles. The van der Waals surface area contributed by atoms with E-state index < -0.39 is 21.5 Å². The molecule has 2 aliphatic carbocycles. The zero-order valence-corrected chi connectivity index (χ0v) is 36.4. The molecular formula is C45H55Cl2SiZr. The molecule has 257 valence electrons. The van der Waals surface area contributed by atoms with Crippen LogP contribution >= 0.6 is 17.0 Å². The van der Waals surface area contributed by atoms with Gasteiger partial charge in [-0.3, -0.25) is 0 Å². The molecule has 2 aliphatic rings. The fourth-order valence-electron chi connectivity index (χ4n) is 8.66. The molecule has 0 nitrogen and oxygen atoms in total. The van der Waals surface area contributed by atoms with Crippen LogP contribution in [0, 0.1) is 5.92 Å². The van der Waals surface area contributed by atoms with E-state index in [0.29, 0.717) is 11.8 Å². The molecule has 4 aromatic carbocycles. The zero-order valence-electron chi connectivity index (χ0n) is 31.3. The van der Waals surface area contributed by atoms with Crippen molar-refractivity contribution in [1.29, 1.82) is 0 Å². The normalized spacial score (nSPS) is 18.9. The summed E-state index contributed by atoms with van der Waals surface area (Å²) in [7, 11) is 17.5. The second kappa shape index (κ2) is 13.5. The number of hydrogen-bond donors (Lipinski definition) is 0. The zero-order chi connectivity index (χ0) is 35.5. The van der Waals surface area contributed by atoms with E-state index in [9.17, 15) is 0 Å². The molecule has 6 rings (SSSR count). The van der Waals surface area contributed by atoms with Crippen molar-refractivity contribution in [2.24, 2.45) is 5.92 Å². The van der Waals surface area contributed by atoms with Crippen molar-refractivity contribution in [3.8, 4) is 22.3 Å². The molecule has 0 saturated carbocycles. The standard InChI is InChI=1S/C22H25.C21H23.C2H7Si.2ClH.Zr/c1-5-16(4)20-13-19-7-6-8-21(22(19)14-20)18-11-9-17(10-12-18)15(2)3;1-5-15-13-17-7-6-8-19(20(17)14-15)16-9-11-18(12-10-16)21(2,3)4;1-3-2;;;/h6-16H,5H2,1-4H3;6-14H,5H2,1-4H3;3H,1-2H3;2*1H;/q;;;;;+2/p-2. The molecule has 0 aromatic heterocycles. The van der Waals surface area contributed by atoms with Crippen LogP contribution in [0.3, 0.4) is 0 Å². The van der Waals surface area contributed by atoms with E-state index in [2.05, 4.69) is 166 Å². The van der Waals surface area contributed by atoms with Gasteiger partial charge in [0.05, 0.1) is 0 Å². The summed E-state index contributed by atoms with van der Waals surface area (Å²) in [5, 5.41) is 0. The Kier molecular flexibility index (Phi) is 10.2. The van der Waals surface area contributed by atoms with Crippen LogP contribution in [-0.4, -0.2) is 5.92 Å². The molecule has 0 spiro atoms. The molecular weight excluding hydrogens is 731 g/mol. The Hall–Kier alpha value is -1.96. The average Bonchev–Trinajstić information content (AvgIpc) is 3.68. The van der Waals surface area contributed by atoms with Crippen molar-refractivity contribution in [2.75, 3.05) is 0 Å². The Balaban J connectivity index is 1.55. The fourth-order valence-corrected chi connectivity index (χ4v) is 40.2. The molecule has 3 atom stereocenters. The van der Waals surface area contributed by atoms with Gasteiger partial charge in [-0.2, -0.15) is 0 Å². The van der Waals surface area contributed by atoms with Gasteiger partial charge in [0, 0.05) is 0 Å². The van der Waals surface area contributed by atoms with Gasteiger partial charge in [0.2, 0.25) is 0 Å². The number of fused-ring (bicyclic) bond motifs is 2. The van der Waals surface area contributed by atoms with Gasteiger partial charge in [0.15, 0.2) is 0 Å². The van der Waals surface area contributed by atoms with Crippen LogP contribution in [0.25, 0.3) is 34.4 Å². The number of halogens is 2. The monoisotopic (exact) mass is 783 g/mol. The van der Waals surface area contributed by atoms with E-state index in [-0.39, 0.29) is 12.7 Å². The van der Waals surface area contributed by atoms with E-state index in [4.69, 9.17) is 17.0 Å². The molecule has 3 unspecified atom stereocenters. The molecule has 0 heterocycles. The summed E-state index contributed by atoms with van der Waals surface area (Å²) in [5.74, 6) is -0.742. The Morgan fingerprint density at radius 1 is 0.694 bits per heavy atom. The van der Waals surface area contributed by atoms with Crippen molar-refractivity contribution in [3.63, 3.8) is 0 Å². The van der Waals surface area contributed by atoms with Gasteiger partial charge in [0.1, 0.15) is 0 Å². The van der Waals surface area contributed by atoms with E-state index in [1.807, 2.05) is 0 Å². The molecule has 0 bridgehead atoms. The van der Waals surface area contributed by atoms with Crippen molar-refractivity contribution < 1.29 is 15.6 Å². The van der Waals surface area contributed by atoms with Crippen molar-refractivity contribution >= 4 is 35.1 Å². The predicted octanol–water partition coefficient (Wildman–Crippen LogP) is 14.5. The third kappa shape index (κ3) is 6.20. The van der Waals surface area contributed by atoms with Gasteiger partial charge in [-0.1, -0.05) is 0 Å². The maximum atomic E-state index is 8.75. The van der Waals surface area contributed by atoms with Gasteiger partial charge in [0.25, 0.3) is 0 Å². The van der Waals surface area contributed by atoms with Crippen LogP contribution in [-0.2, 0) is 21.0 Å². The van der Waals surface area contributed by atoms with Gasteiger partial charge in [-0.15, -0.1) is 0 Å². The first-order valence-electron chi connectivity index (χ1n) is 18.6. The Morgan fingerprint density at radius 3 is 1.67 bits per heavy atom. The minimum absolute atomic E-state index is 0.0944. The van der Waals surface area contributed by atoms with Crippen molar-refractivity contribution in [2.45, 2.75) is 99.9 Å². The molecule has 4 aromatic rings. The minimum atomic E-state index is -4.86. The van der Waals surface area contributed by atoms with Crippen LogP contribution in [0.4, 0.5) is 0 Å². The van der Waals surface area contributed by atoms with E-state index in [0.717, 1.165) is 12.8 Å². The van der Waals surface area contributed by atoms with Gasteiger partial charge in [-0.25, -0.2) is 0 Å². The Bertz CT molecular complexity index is 1920. The number of benzene rings is 4. The summed E-state index contributed by atoms with van der Waals surface area (Å²) in [5.41, 5.74) is 16.3. The van der Waals surface area contributed by atoms with E-state index in [1.165, 1.54) is 66.8 Å². The molecule has 0 amide bonds. The van der Waals surface area contributed by atoms with Gasteiger partial charge < -0.3 is 0 Å². The molecule has 0 radical (unpaired) electrons. The number of rotatable bonds is 9. The van der Waals surface area contributed by atoms with Crippen molar-refractivity contribution in [1.82, 2.24) is 0 Å². The van der Waals surface area contributed by atoms with Crippen LogP contribution in [0.2, 0.25) is 13.1 Å². The third-order valence-corrected chi connectivity index (χ3v) is 63.8. The molecule has 0 N–H and O–H groups in total. The second-order valence-corrected chi connectivity index (χ2v) is 59.0. The predicted molar refractivity (Wildman–Crippen MR) is 218 cm³/mol. The topological polar surface area (TPSA) is 0 Å². The first-order valence-corrected chi connectivity index (χ1v) is 34.9. The summed E-state index contributed by atoms with van der Waals surface area (Å²) in [6.45, 7) is 23.3. The summed E-state index contributed by atoms with van der Waals surface area (Å²) < 4.78 is 0.194. The molecule has 0 saturated heterocycles. The number of allylic oxidation sites excluding steroid dienone is 2. The summed E-state index contributed by atoms with van der Waals surface area (Å²) in [6, 6.07) is 32.2.